The van der Waals surface area contributed by atoms with E-state index in [-0.39, 0.29) is 11.7 Å². The second kappa shape index (κ2) is 7.65. The molecule has 8 nitrogen and oxygen atoms in total. The van der Waals surface area contributed by atoms with Crippen LogP contribution in [0.15, 0.2) is 18.5 Å². The minimum atomic E-state index is -0.490. The van der Waals surface area contributed by atoms with Crippen LogP contribution in [0.25, 0.3) is 17.0 Å². The first-order valence-electron chi connectivity index (χ1n) is 11.6. The van der Waals surface area contributed by atoms with Crippen molar-refractivity contribution in [3.63, 3.8) is 0 Å². The number of methoxy groups -OCH3 is 1. The summed E-state index contributed by atoms with van der Waals surface area (Å²) in [4.78, 5) is 13.1. The van der Waals surface area contributed by atoms with Gasteiger partial charge in [-0.1, -0.05) is 6.42 Å². The Morgan fingerprint density at radius 2 is 2.09 bits per heavy atom. The van der Waals surface area contributed by atoms with Gasteiger partial charge in [0.25, 0.3) is 0 Å². The van der Waals surface area contributed by atoms with Crippen molar-refractivity contribution in [2.24, 2.45) is 5.41 Å². The molecule has 3 fully saturated rings. The number of rotatable bonds is 5. The quantitative estimate of drug-likeness (QED) is 0.631. The first-order valence-corrected chi connectivity index (χ1v) is 11.6. The number of nitrogens with one attached hydrogen (secondary N) is 2. The molecule has 1 unspecified atom stereocenters. The van der Waals surface area contributed by atoms with E-state index in [1.807, 2.05) is 6.07 Å². The largest absolute Gasteiger partial charge is 0.495 e. The topological polar surface area (TPSA) is 89.3 Å². The standard InChI is InChI=1S/C23H28FN7O/c1-32-18-8-19-26-13-17(31(19)30-20(18)14-9-23(10-14)5-3-6-23)21-16(24)12-27-22(29-21)28-15-4-2-7-25-11-15/h8,12-15,25H,2-7,9-11H2,1H3,(H,27,28,29). The highest BCUT2D eigenvalue weighted by molar-refractivity contribution is 5.62. The third-order valence-corrected chi connectivity index (χ3v) is 7.48. The normalized spacial score (nSPS) is 22.5. The van der Waals surface area contributed by atoms with Gasteiger partial charge < -0.3 is 15.4 Å². The zero-order valence-corrected chi connectivity index (χ0v) is 18.3. The highest BCUT2D eigenvalue weighted by Gasteiger charge is 2.49. The number of nitrogens with zero attached hydrogens (tertiary/aromatic N) is 5. The number of fused-ring (bicyclic) bond motifs is 1. The molecule has 9 heteroatoms. The maximum atomic E-state index is 14.8. The Labute approximate surface area is 186 Å². The second-order valence-corrected chi connectivity index (χ2v) is 9.55. The molecule has 6 rings (SSSR count). The van der Waals surface area contributed by atoms with Crippen LogP contribution in [0, 0.1) is 11.2 Å². The summed E-state index contributed by atoms with van der Waals surface area (Å²) in [6, 6.07) is 2.12. The summed E-state index contributed by atoms with van der Waals surface area (Å²) in [5, 5.41) is 11.6. The fraction of sp³-hybridized carbons (Fsp3) is 0.565. The fourth-order valence-electron chi connectivity index (χ4n) is 5.56. The Morgan fingerprint density at radius 3 is 2.81 bits per heavy atom. The Balaban J connectivity index is 1.35. The summed E-state index contributed by atoms with van der Waals surface area (Å²) in [5.74, 6) is 1.06. The zero-order chi connectivity index (χ0) is 21.7. The van der Waals surface area contributed by atoms with Crippen molar-refractivity contribution in [3.05, 3.63) is 30.0 Å². The number of hydrogen-bond acceptors (Lipinski definition) is 7. The molecular weight excluding hydrogens is 409 g/mol. The van der Waals surface area contributed by atoms with E-state index in [1.165, 1.54) is 25.5 Å². The van der Waals surface area contributed by atoms with Crippen molar-refractivity contribution in [1.29, 1.82) is 0 Å². The molecule has 168 valence electrons. The van der Waals surface area contributed by atoms with Crippen molar-refractivity contribution in [1.82, 2.24) is 29.9 Å². The summed E-state index contributed by atoms with van der Waals surface area (Å²) < 4.78 is 22.2. The van der Waals surface area contributed by atoms with Gasteiger partial charge in [0.2, 0.25) is 5.95 Å². The second-order valence-electron chi connectivity index (χ2n) is 9.55. The molecule has 3 aliphatic rings. The summed E-state index contributed by atoms with van der Waals surface area (Å²) in [7, 11) is 1.67. The number of imidazole rings is 1. The van der Waals surface area contributed by atoms with Crippen LogP contribution in [-0.2, 0) is 0 Å². The lowest BCUT2D eigenvalue weighted by Crippen LogP contribution is -2.41. The molecule has 3 aromatic rings. The van der Waals surface area contributed by atoms with E-state index in [2.05, 4.69) is 25.6 Å². The molecule has 0 amide bonds. The predicted octanol–water partition coefficient (Wildman–Crippen LogP) is 3.55. The number of piperidine rings is 1. The van der Waals surface area contributed by atoms with Gasteiger partial charge in [-0.05, 0) is 50.5 Å². The van der Waals surface area contributed by atoms with Crippen LogP contribution in [0.5, 0.6) is 5.75 Å². The van der Waals surface area contributed by atoms with E-state index in [9.17, 15) is 4.39 Å². The lowest BCUT2D eigenvalue weighted by Gasteiger charge is -2.54. The molecule has 0 aromatic carbocycles. The predicted molar refractivity (Wildman–Crippen MR) is 118 cm³/mol. The summed E-state index contributed by atoms with van der Waals surface area (Å²) in [6.07, 6.45) is 11.2. The van der Waals surface area contributed by atoms with Crippen molar-refractivity contribution in [2.75, 3.05) is 25.5 Å². The first-order chi connectivity index (χ1) is 15.6. The van der Waals surface area contributed by atoms with Crippen molar-refractivity contribution in [2.45, 2.75) is 56.9 Å². The monoisotopic (exact) mass is 437 g/mol. The van der Waals surface area contributed by atoms with E-state index in [0.717, 1.165) is 50.2 Å². The maximum absolute atomic E-state index is 14.8. The molecule has 0 radical (unpaired) electrons. The Hall–Kier alpha value is -2.81. The van der Waals surface area contributed by atoms with Crippen LogP contribution in [0.1, 0.15) is 56.6 Å². The Morgan fingerprint density at radius 1 is 1.22 bits per heavy atom. The van der Waals surface area contributed by atoms with Gasteiger partial charge in [0.15, 0.2) is 11.5 Å². The van der Waals surface area contributed by atoms with Gasteiger partial charge in [-0.25, -0.2) is 23.9 Å². The van der Waals surface area contributed by atoms with Crippen LogP contribution >= 0.6 is 0 Å². The van der Waals surface area contributed by atoms with Crippen molar-refractivity contribution in [3.8, 4) is 17.1 Å². The number of anilines is 1. The minimum Gasteiger partial charge on any atom is -0.495 e. The molecule has 1 saturated heterocycles. The fourth-order valence-corrected chi connectivity index (χ4v) is 5.56. The highest BCUT2D eigenvalue weighted by atomic mass is 19.1. The van der Waals surface area contributed by atoms with E-state index in [4.69, 9.17) is 9.84 Å². The summed E-state index contributed by atoms with van der Waals surface area (Å²) >= 11 is 0. The van der Waals surface area contributed by atoms with Crippen molar-refractivity contribution >= 4 is 11.6 Å². The van der Waals surface area contributed by atoms with Gasteiger partial charge >= 0.3 is 0 Å². The van der Waals surface area contributed by atoms with E-state index in [0.29, 0.717) is 28.6 Å². The molecule has 1 atom stereocenters. The van der Waals surface area contributed by atoms with Gasteiger partial charge in [0.05, 0.1) is 19.5 Å². The molecule has 2 saturated carbocycles. The third-order valence-electron chi connectivity index (χ3n) is 7.48. The Bertz CT molecular complexity index is 1140. The van der Waals surface area contributed by atoms with Gasteiger partial charge in [-0.3, -0.25) is 0 Å². The molecular formula is C23H28FN7O. The lowest BCUT2D eigenvalue weighted by atomic mass is 9.51. The Kier molecular flexibility index (Phi) is 4.74. The molecule has 4 heterocycles. The van der Waals surface area contributed by atoms with Crippen LogP contribution in [-0.4, -0.2) is 50.8 Å². The molecule has 2 aliphatic carbocycles. The lowest BCUT2D eigenvalue weighted by molar-refractivity contribution is 0.00648. The average Bonchev–Trinajstić information content (AvgIpc) is 3.16. The third kappa shape index (κ3) is 3.30. The van der Waals surface area contributed by atoms with E-state index < -0.39 is 5.82 Å². The van der Waals surface area contributed by atoms with Gasteiger partial charge in [-0.15, -0.1) is 0 Å². The molecule has 1 aliphatic heterocycles. The maximum Gasteiger partial charge on any atom is 0.223 e. The first kappa shape index (κ1) is 19.8. The van der Waals surface area contributed by atoms with Gasteiger partial charge in [0.1, 0.15) is 22.8 Å². The molecule has 3 aromatic heterocycles. The molecule has 32 heavy (non-hydrogen) atoms. The SMILES string of the molecule is COc1cc2ncc(-c3nc(NC4CCCNC4)ncc3F)n2nc1C1CC2(CCC2)C1. The smallest absolute Gasteiger partial charge is 0.223 e. The number of ether oxygens (including phenoxy) is 1. The minimum absolute atomic E-state index is 0.200. The van der Waals surface area contributed by atoms with Crippen LogP contribution < -0.4 is 15.4 Å². The van der Waals surface area contributed by atoms with Gasteiger partial charge in [0, 0.05) is 24.6 Å². The summed E-state index contributed by atoms with van der Waals surface area (Å²) in [6.45, 7) is 1.87. The summed E-state index contributed by atoms with van der Waals surface area (Å²) in [5.41, 5.74) is 2.79. The van der Waals surface area contributed by atoms with Crippen molar-refractivity contribution < 1.29 is 9.13 Å². The van der Waals surface area contributed by atoms with Crippen LogP contribution in [0.3, 0.4) is 0 Å². The van der Waals surface area contributed by atoms with E-state index in [1.54, 1.807) is 17.8 Å². The van der Waals surface area contributed by atoms with Gasteiger partial charge in [-0.2, -0.15) is 5.10 Å². The van der Waals surface area contributed by atoms with Crippen LogP contribution in [0.2, 0.25) is 0 Å². The molecule has 1 spiro atoms. The molecule has 0 bridgehead atoms. The number of aromatic nitrogens is 5. The highest BCUT2D eigenvalue weighted by Crippen LogP contribution is 2.62. The average molecular weight is 438 g/mol. The zero-order valence-electron chi connectivity index (χ0n) is 18.3. The number of halogens is 1. The number of hydrogen-bond donors (Lipinski definition) is 2. The molecule has 2 N–H and O–H groups in total. The van der Waals surface area contributed by atoms with Crippen LogP contribution in [0.4, 0.5) is 10.3 Å². The van der Waals surface area contributed by atoms with E-state index >= 15 is 0 Å².